The minimum Gasteiger partial charge on any atom is -0.251 e. The van der Waals surface area contributed by atoms with Crippen LogP contribution in [0, 0.1) is 11.8 Å². The molecule has 15 heavy (non-hydrogen) atoms. The van der Waals surface area contributed by atoms with Crippen molar-refractivity contribution >= 4 is 12.6 Å². The van der Waals surface area contributed by atoms with E-state index in [2.05, 4.69) is 40.8 Å². The van der Waals surface area contributed by atoms with Crippen LogP contribution in [0.5, 0.6) is 0 Å². The van der Waals surface area contributed by atoms with Gasteiger partial charge in [0.2, 0.25) is 0 Å². The Hall–Kier alpha value is 0.190. The molecule has 0 radical (unpaired) electrons. The Kier molecular flexibility index (Phi) is 4.28. The zero-order chi connectivity index (χ0) is 10.7. The first kappa shape index (κ1) is 11.7. The molecule has 1 saturated heterocycles. The molecule has 5 heteroatoms. The quantitative estimate of drug-likeness (QED) is 0.544. The summed E-state index contributed by atoms with van der Waals surface area (Å²) in [5.74, 6) is 1.79. The van der Waals surface area contributed by atoms with E-state index in [0.717, 1.165) is 25.0 Å². The average molecular weight is 230 g/mol. The second-order valence-corrected chi connectivity index (χ2v) is 5.30. The highest BCUT2D eigenvalue weighted by Crippen LogP contribution is 2.27. The summed E-state index contributed by atoms with van der Waals surface area (Å²) in [5, 5.41) is 2.10. The van der Waals surface area contributed by atoms with Gasteiger partial charge in [0.15, 0.2) is 0 Å². The molecule has 1 aliphatic heterocycles. The van der Waals surface area contributed by atoms with Gasteiger partial charge in [0.1, 0.15) is 5.50 Å². The molecule has 0 amide bonds. The molecular formula is C10H22N4S. The van der Waals surface area contributed by atoms with Gasteiger partial charge in [0.25, 0.3) is 0 Å². The Balaban J connectivity index is 1.65. The van der Waals surface area contributed by atoms with Gasteiger partial charge in [-0.25, -0.2) is 15.9 Å². The number of hydrazine groups is 2. The average Bonchev–Trinajstić information content (AvgIpc) is 2.63. The normalized spacial score (nSPS) is 38.4. The number of nitrogens with zero attached hydrogens (tertiary/aromatic N) is 1. The third kappa shape index (κ3) is 3.32. The molecule has 0 bridgehead atoms. The van der Waals surface area contributed by atoms with Crippen LogP contribution in [0.4, 0.5) is 0 Å². The summed E-state index contributed by atoms with van der Waals surface area (Å²) in [7, 11) is 0. The molecule has 2 aliphatic rings. The first-order chi connectivity index (χ1) is 7.25. The molecule has 1 aliphatic carbocycles. The summed E-state index contributed by atoms with van der Waals surface area (Å²) in [5.41, 5.74) is 9.63. The summed E-state index contributed by atoms with van der Waals surface area (Å²) in [6, 6.07) is 0. The third-order valence-corrected chi connectivity index (χ3v) is 3.90. The van der Waals surface area contributed by atoms with Gasteiger partial charge in [0.05, 0.1) is 6.67 Å². The molecule has 0 aromatic rings. The van der Waals surface area contributed by atoms with Gasteiger partial charge >= 0.3 is 0 Å². The lowest BCUT2D eigenvalue weighted by molar-refractivity contribution is 0.173. The SMILES string of the molecule is CC1CCC(CNN2CNNC2S)CC1. The molecule has 0 aromatic heterocycles. The number of rotatable bonds is 3. The zero-order valence-corrected chi connectivity index (χ0v) is 10.3. The van der Waals surface area contributed by atoms with Gasteiger partial charge in [-0.1, -0.05) is 19.8 Å². The lowest BCUT2D eigenvalue weighted by atomic mass is 9.83. The molecule has 1 atom stereocenters. The van der Waals surface area contributed by atoms with Gasteiger partial charge in [-0.05, 0) is 24.7 Å². The molecule has 88 valence electrons. The lowest BCUT2D eigenvalue weighted by Gasteiger charge is -2.28. The van der Waals surface area contributed by atoms with Crippen molar-refractivity contribution in [1.29, 1.82) is 0 Å². The van der Waals surface area contributed by atoms with Crippen LogP contribution in [0.25, 0.3) is 0 Å². The molecule has 1 saturated carbocycles. The summed E-state index contributed by atoms with van der Waals surface area (Å²) < 4.78 is 0. The van der Waals surface area contributed by atoms with Crippen molar-refractivity contribution in [3.63, 3.8) is 0 Å². The summed E-state index contributed by atoms with van der Waals surface area (Å²) >= 11 is 4.39. The maximum absolute atomic E-state index is 4.39. The van der Waals surface area contributed by atoms with E-state index in [1.165, 1.54) is 25.7 Å². The fourth-order valence-electron chi connectivity index (χ4n) is 2.31. The second kappa shape index (κ2) is 5.50. The van der Waals surface area contributed by atoms with Crippen molar-refractivity contribution in [3.8, 4) is 0 Å². The zero-order valence-electron chi connectivity index (χ0n) is 9.37. The third-order valence-electron chi connectivity index (χ3n) is 3.49. The van der Waals surface area contributed by atoms with E-state index in [4.69, 9.17) is 0 Å². The van der Waals surface area contributed by atoms with E-state index in [1.54, 1.807) is 0 Å². The molecule has 4 nitrogen and oxygen atoms in total. The smallest absolute Gasteiger partial charge is 0.132 e. The molecule has 0 spiro atoms. The Morgan fingerprint density at radius 2 is 2.07 bits per heavy atom. The Labute approximate surface area is 97.5 Å². The molecule has 2 rings (SSSR count). The van der Waals surface area contributed by atoms with E-state index in [-0.39, 0.29) is 5.50 Å². The minimum absolute atomic E-state index is 0.0903. The summed E-state index contributed by atoms with van der Waals surface area (Å²) in [4.78, 5) is 0. The molecule has 2 fully saturated rings. The molecule has 0 aromatic carbocycles. The Morgan fingerprint density at radius 3 is 2.67 bits per heavy atom. The van der Waals surface area contributed by atoms with Crippen molar-refractivity contribution < 1.29 is 0 Å². The van der Waals surface area contributed by atoms with Crippen molar-refractivity contribution in [1.82, 2.24) is 21.3 Å². The molecule has 1 unspecified atom stereocenters. The molecule has 1 heterocycles. The van der Waals surface area contributed by atoms with Crippen LogP contribution in [-0.2, 0) is 0 Å². The largest absolute Gasteiger partial charge is 0.251 e. The first-order valence-electron chi connectivity index (χ1n) is 5.92. The van der Waals surface area contributed by atoms with Crippen LogP contribution in [0.15, 0.2) is 0 Å². The van der Waals surface area contributed by atoms with Crippen molar-refractivity contribution in [2.24, 2.45) is 11.8 Å². The number of hydrogen-bond acceptors (Lipinski definition) is 5. The number of nitrogens with one attached hydrogen (secondary N) is 3. The maximum Gasteiger partial charge on any atom is 0.132 e. The van der Waals surface area contributed by atoms with Crippen LogP contribution in [0.3, 0.4) is 0 Å². The highest BCUT2D eigenvalue weighted by atomic mass is 32.1. The van der Waals surface area contributed by atoms with Crippen LogP contribution in [-0.4, -0.2) is 23.7 Å². The van der Waals surface area contributed by atoms with E-state index >= 15 is 0 Å². The van der Waals surface area contributed by atoms with E-state index in [9.17, 15) is 0 Å². The van der Waals surface area contributed by atoms with E-state index in [0.29, 0.717) is 0 Å². The maximum atomic E-state index is 4.39. The van der Waals surface area contributed by atoms with Gasteiger partial charge in [0, 0.05) is 6.54 Å². The van der Waals surface area contributed by atoms with Gasteiger partial charge in [-0.3, -0.25) is 5.43 Å². The standard InChI is InChI=1S/C10H22N4S/c1-8-2-4-9(5-3-8)6-12-14-7-11-13-10(14)15/h8-13,15H,2-7H2,1H3. The fourth-order valence-corrected chi connectivity index (χ4v) is 2.56. The number of thiol groups is 1. The van der Waals surface area contributed by atoms with Crippen molar-refractivity contribution in [2.75, 3.05) is 13.2 Å². The van der Waals surface area contributed by atoms with E-state index in [1.807, 2.05) is 0 Å². The van der Waals surface area contributed by atoms with Crippen LogP contribution < -0.4 is 16.3 Å². The predicted molar refractivity (Wildman–Crippen MR) is 64.9 cm³/mol. The molecule has 3 N–H and O–H groups in total. The predicted octanol–water partition coefficient (Wildman–Crippen LogP) is 0.898. The topological polar surface area (TPSA) is 39.3 Å². The van der Waals surface area contributed by atoms with E-state index < -0.39 is 0 Å². The second-order valence-electron chi connectivity index (χ2n) is 4.81. The minimum atomic E-state index is 0.0903. The molecular weight excluding hydrogens is 208 g/mol. The first-order valence-corrected chi connectivity index (χ1v) is 6.44. The van der Waals surface area contributed by atoms with Gasteiger partial charge in [-0.15, -0.1) is 12.6 Å². The summed E-state index contributed by atoms with van der Waals surface area (Å²) in [6.07, 6.45) is 5.54. The Morgan fingerprint density at radius 1 is 1.33 bits per heavy atom. The summed E-state index contributed by atoms with van der Waals surface area (Å²) in [6.45, 7) is 4.27. The highest BCUT2D eigenvalue weighted by molar-refractivity contribution is 7.80. The monoisotopic (exact) mass is 230 g/mol. The van der Waals surface area contributed by atoms with Crippen LogP contribution in [0.2, 0.25) is 0 Å². The lowest BCUT2D eigenvalue weighted by Crippen LogP contribution is -2.44. The Bertz CT molecular complexity index is 194. The van der Waals surface area contributed by atoms with Crippen molar-refractivity contribution in [2.45, 2.75) is 38.1 Å². The highest BCUT2D eigenvalue weighted by Gasteiger charge is 2.22. The van der Waals surface area contributed by atoms with Crippen LogP contribution >= 0.6 is 12.6 Å². The fraction of sp³-hybridized carbons (Fsp3) is 1.00. The van der Waals surface area contributed by atoms with Gasteiger partial charge < -0.3 is 0 Å². The number of hydrogen-bond donors (Lipinski definition) is 4. The van der Waals surface area contributed by atoms with Gasteiger partial charge in [-0.2, -0.15) is 0 Å². The van der Waals surface area contributed by atoms with Crippen molar-refractivity contribution in [3.05, 3.63) is 0 Å². The van der Waals surface area contributed by atoms with Crippen LogP contribution in [0.1, 0.15) is 32.6 Å².